The van der Waals surface area contributed by atoms with Gasteiger partial charge in [0.1, 0.15) is 0 Å². The van der Waals surface area contributed by atoms with Crippen molar-refractivity contribution >= 4 is 68.2 Å². The van der Waals surface area contributed by atoms with Gasteiger partial charge >= 0.3 is 1.43 Å². The lowest BCUT2D eigenvalue weighted by Crippen LogP contribution is -3.00. The summed E-state index contributed by atoms with van der Waals surface area (Å²) in [4.78, 5) is 0.996. The van der Waals surface area contributed by atoms with Gasteiger partial charge in [-0.05, 0) is 0 Å². The molecule has 132 valence electrons. The molecule has 1 aliphatic rings. The van der Waals surface area contributed by atoms with Gasteiger partial charge in [-0.15, -0.1) is 48.0 Å². The number of hydrogen-bond donors (Lipinski definition) is 4. The first-order valence-electron chi connectivity index (χ1n) is 5.31. The summed E-state index contributed by atoms with van der Waals surface area (Å²) in [5, 5.41) is 5.92. The van der Waals surface area contributed by atoms with Crippen LogP contribution in [0.3, 0.4) is 0 Å². The van der Waals surface area contributed by atoms with Crippen molar-refractivity contribution in [3.8, 4) is 0 Å². The van der Waals surface area contributed by atoms with Gasteiger partial charge in [0.2, 0.25) is 0 Å². The van der Waals surface area contributed by atoms with Crippen molar-refractivity contribution in [1.29, 1.82) is 0 Å². The van der Waals surface area contributed by atoms with E-state index in [0.29, 0.717) is 26.2 Å². The molecule has 4 N–H and O–H groups in total. The molecular weight excluding hydrogens is 667 g/mol. The fourth-order valence-electron chi connectivity index (χ4n) is 1.73. The molecule has 0 unspecified atom stereocenters. The zero-order chi connectivity index (χ0) is 13.8. The number of nitrogens with zero attached hydrogens (tertiary/aromatic N) is 1. The minimum atomic E-state index is -4.93. The number of rotatable bonds is 3. The van der Waals surface area contributed by atoms with Gasteiger partial charge in [-0.3, -0.25) is 14.0 Å². The quantitative estimate of drug-likeness (QED) is 0.173. The van der Waals surface area contributed by atoms with Crippen molar-refractivity contribution in [2.45, 2.75) is 4.71 Å². The minimum Gasteiger partial charge on any atom is -1.00 e. The Morgan fingerprint density at radius 3 is 1.48 bits per heavy atom. The zero-order valence-corrected chi connectivity index (χ0v) is 19.3. The molecule has 14 heteroatoms. The molecule has 0 aromatic carbocycles. The molecule has 9 nitrogen and oxygen atoms in total. The molecule has 21 heavy (non-hydrogen) atoms. The molecule has 0 aliphatic carbocycles. The van der Waals surface area contributed by atoms with Gasteiger partial charge in [0.15, 0.2) is 0 Å². The molecule has 0 amide bonds. The molecular formula is C7H20I3N3O6S2. The Balaban J connectivity index is -0.000000405. The highest BCUT2D eigenvalue weighted by molar-refractivity contribution is 14.0. The second-order valence-electron chi connectivity index (χ2n) is 3.87. The second kappa shape index (κ2) is 12.3. The molecule has 0 aromatic heterocycles. The standard InChI is InChI=1S/C7H17N3O6S2.3HI/c11-17(12,13)7(18(14,15)16)10-5-3-8-1-2-9-4-6-10;;;/h7-9H,1-6H2,(H,11,12,13)(H,14,15,16);3*1H. The molecule has 0 bridgehead atoms. The van der Waals surface area contributed by atoms with Crippen LogP contribution < -0.4 is 34.6 Å². The molecule has 0 spiro atoms. The van der Waals surface area contributed by atoms with Crippen LogP contribution in [-0.2, 0) is 20.2 Å². The lowest BCUT2D eigenvalue weighted by atomic mass is 10.5. The second-order valence-corrected chi connectivity index (χ2v) is 7.12. The monoisotopic (exact) mass is 687 g/mol. The summed E-state index contributed by atoms with van der Waals surface area (Å²) in [5.74, 6) is 0. The normalized spacial score (nSPS) is 18.2. The summed E-state index contributed by atoms with van der Waals surface area (Å²) in [7, 11) is -9.86. The molecule has 0 atom stereocenters. The molecule has 0 radical (unpaired) electrons. The third kappa shape index (κ3) is 10.4. The molecule has 1 heterocycles. The van der Waals surface area contributed by atoms with E-state index in [4.69, 9.17) is 9.11 Å². The van der Waals surface area contributed by atoms with Gasteiger partial charge in [-0.2, -0.15) is 16.8 Å². The van der Waals surface area contributed by atoms with Crippen LogP contribution in [0, 0.1) is 0 Å². The average Bonchev–Trinajstić information content (AvgIpc) is 2.27. The molecule has 1 saturated heterocycles. The van der Waals surface area contributed by atoms with Crippen LogP contribution in [-0.4, -0.2) is 74.8 Å². The predicted octanol–water partition coefficient (Wildman–Crippen LogP) is -4.11. The van der Waals surface area contributed by atoms with Crippen molar-refractivity contribution in [3.63, 3.8) is 0 Å². The first-order chi connectivity index (χ1) is 8.23. The molecule has 1 aliphatic heterocycles. The maximum atomic E-state index is 11.1. The largest absolute Gasteiger partial charge is 1.00 e. The summed E-state index contributed by atoms with van der Waals surface area (Å²) in [6.07, 6.45) is 0. The number of hydrogen-bond acceptors (Lipinski definition) is 7. The van der Waals surface area contributed by atoms with Crippen molar-refractivity contribution in [1.82, 2.24) is 15.5 Å². The van der Waals surface area contributed by atoms with Crippen LogP contribution in [0.1, 0.15) is 1.43 Å². The average molecular weight is 687 g/mol. The van der Waals surface area contributed by atoms with Gasteiger partial charge in [-0.25, -0.2) is 0 Å². The lowest BCUT2D eigenvalue weighted by molar-refractivity contribution is -0.0000129. The highest BCUT2D eigenvalue weighted by Crippen LogP contribution is 2.12. The Hall–Kier alpha value is 1.89. The Labute approximate surface area is 177 Å². The van der Waals surface area contributed by atoms with Crippen LogP contribution in [0.25, 0.3) is 0 Å². The molecule has 0 aromatic rings. The van der Waals surface area contributed by atoms with Crippen LogP contribution in [0.4, 0.5) is 0 Å². The zero-order valence-electron chi connectivity index (χ0n) is 11.8. The summed E-state index contributed by atoms with van der Waals surface area (Å²) in [6, 6.07) is 0. The first kappa shape index (κ1) is 27.7. The predicted molar refractivity (Wildman–Crippen MR) is 96.1 cm³/mol. The Bertz CT molecular complexity index is 438. The van der Waals surface area contributed by atoms with Crippen LogP contribution in [0.2, 0.25) is 0 Å². The number of nitrogens with one attached hydrogen (secondary N) is 2. The molecule has 0 saturated carbocycles. The first-order valence-corrected chi connectivity index (χ1v) is 8.31. The van der Waals surface area contributed by atoms with Crippen molar-refractivity contribution in [3.05, 3.63) is 0 Å². The van der Waals surface area contributed by atoms with Crippen molar-refractivity contribution in [2.75, 3.05) is 39.3 Å². The van der Waals surface area contributed by atoms with Gasteiger partial charge < -0.3 is 34.6 Å². The smallest absolute Gasteiger partial charge is 1.00 e. The number of halogens is 3. The van der Waals surface area contributed by atoms with E-state index in [1.165, 1.54) is 0 Å². The topological polar surface area (TPSA) is 136 Å². The fraction of sp³-hybridized carbons (Fsp3) is 1.00. The summed E-state index contributed by atoms with van der Waals surface area (Å²) >= 11 is 0. The van der Waals surface area contributed by atoms with Crippen molar-refractivity contribution in [2.24, 2.45) is 0 Å². The summed E-state index contributed by atoms with van der Waals surface area (Å²) in [6.45, 7) is 2.18. The lowest BCUT2D eigenvalue weighted by Gasteiger charge is -2.26. The maximum Gasteiger partial charge on any atom is 1.00 e. The van der Waals surface area contributed by atoms with E-state index in [-0.39, 0.29) is 86.4 Å². The summed E-state index contributed by atoms with van der Waals surface area (Å²) in [5.41, 5.74) is 0. The van der Waals surface area contributed by atoms with Crippen LogP contribution >= 0.6 is 48.0 Å². The van der Waals surface area contributed by atoms with Crippen LogP contribution in [0.5, 0.6) is 0 Å². The fourth-order valence-corrected chi connectivity index (χ4v) is 4.13. The van der Waals surface area contributed by atoms with Gasteiger partial charge in [0.05, 0.1) is 0 Å². The minimum absolute atomic E-state index is 0. The van der Waals surface area contributed by atoms with E-state index < -0.39 is 24.9 Å². The molecule has 1 fully saturated rings. The van der Waals surface area contributed by atoms with Gasteiger partial charge in [0.25, 0.3) is 24.9 Å². The SMILES string of the molecule is I.I.O=S(=O)(O)C(N1CCNCCNCC1)S(=O)(=O)O.[H+].[I-]. The van der Waals surface area contributed by atoms with E-state index in [1.807, 2.05) is 0 Å². The third-order valence-corrected chi connectivity index (χ3v) is 5.51. The third-order valence-electron chi connectivity index (χ3n) is 2.44. The van der Waals surface area contributed by atoms with E-state index in [9.17, 15) is 16.8 Å². The van der Waals surface area contributed by atoms with E-state index in [2.05, 4.69) is 10.6 Å². The van der Waals surface area contributed by atoms with Crippen molar-refractivity contribution < 1.29 is 51.3 Å². The van der Waals surface area contributed by atoms with Gasteiger partial charge in [-0.1, -0.05) is 0 Å². The highest BCUT2D eigenvalue weighted by atomic mass is 127. The Morgan fingerprint density at radius 2 is 1.19 bits per heavy atom. The molecule has 1 rings (SSSR count). The maximum absolute atomic E-state index is 11.1. The van der Waals surface area contributed by atoms with E-state index >= 15 is 0 Å². The van der Waals surface area contributed by atoms with Gasteiger partial charge in [0, 0.05) is 39.3 Å². The highest BCUT2D eigenvalue weighted by Gasteiger charge is 2.40. The Kier molecular flexibility index (Phi) is 16.2. The Morgan fingerprint density at radius 1 is 0.857 bits per heavy atom. The van der Waals surface area contributed by atoms with E-state index in [0.717, 1.165) is 4.90 Å². The van der Waals surface area contributed by atoms with E-state index in [1.54, 1.807) is 0 Å². The van der Waals surface area contributed by atoms with Crippen LogP contribution in [0.15, 0.2) is 0 Å². The summed E-state index contributed by atoms with van der Waals surface area (Å²) < 4.78 is 59.9.